The van der Waals surface area contributed by atoms with Crippen molar-refractivity contribution in [1.82, 2.24) is 0 Å². The molecule has 0 fully saturated rings. The van der Waals surface area contributed by atoms with Crippen LogP contribution in [0.25, 0.3) is 0 Å². The molecule has 0 atom stereocenters. The number of Topliss-reactive ketones (excluding diaryl/α,β-unsaturated/α-hetero) is 1. The van der Waals surface area contributed by atoms with Crippen LogP contribution in [-0.4, -0.2) is 16.9 Å². The second kappa shape index (κ2) is 3.82. The SMILES string of the molecule is CC(=O)C/C=C(\C)C(=O)O. The number of rotatable bonds is 3. The molecule has 0 radical (unpaired) electrons. The summed E-state index contributed by atoms with van der Waals surface area (Å²) in [4.78, 5) is 20.5. The molecule has 0 saturated carbocycles. The van der Waals surface area contributed by atoms with Crippen molar-refractivity contribution in [3.8, 4) is 0 Å². The van der Waals surface area contributed by atoms with Gasteiger partial charge in [-0.15, -0.1) is 0 Å². The highest BCUT2D eigenvalue weighted by molar-refractivity contribution is 5.87. The lowest BCUT2D eigenvalue weighted by molar-refractivity contribution is -0.132. The van der Waals surface area contributed by atoms with Crippen molar-refractivity contribution >= 4 is 11.8 Å². The number of hydrogen-bond acceptors (Lipinski definition) is 2. The average Bonchev–Trinajstić information content (AvgIpc) is 1.82. The number of carbonyl (C=O) groups excluding carboxylic acids is 1. The molecular weight excluding hydrogens is 132 g/mol. The molecule has 56 valence electrons. The molecule has 0 aromatic rings. The maximum atomic E-state index is 10.3. The largest absolute Gasteiger partial charge is 0.478 e. The molecule has 0 spiro atoms. The summed E-state index contributed by atoms with van der Waals surface area (Å²) in [6.07, 6.45) is 1.61. The molecule has 0 aliphatic heterocycles. The van der Waals surface area contributed by atoms with Crippen molar-refractivity contribution in [2.45, 2.75) is 20.3 Å². The monoisotopic (exact) mass is 142 g/mol. The van der Waals surface area contributed by atoms with Gasteiger partial charge in [-0.25, -0.2) is 4.79 Å². The Morgan fingerprint density at radius 2 is 1.90 bits per heavy atom. The van der Waals surface area contributed by atoms with Gasteiger partial charge in [-0.2, -0.15) is 0 Å². The minimum Gasteiger partial charge on any atom is -0.478 e. The number of carboxylic acids is 1. The van der Waals surface area contributed by atoms with E-state index in [1.165, 1.54) is 19.9 Å². The van der Waals surface area contributed by atoms with E-state index in [2.05, 4.69) is 0 Å². The van der Waals surface area contributed by atoms with Crippen LogP contribution >= 0.6 is 0 Å². The summed E-state index contributed by atoms with van der Waals surface area (Å²) in [5.41, 5.74) is 0.218. The molecule has 0 amide bonds. The number of ketones is 1. The predicted molar refractivity (Wildman–Crippen MR) is 36.7 cm³/mol. The summed E-state index contributed by atoms with van der Waals surface area (Å²) in [5.74, 6) is -0.998. The summed E-state index contributed by atoms with van der Waals surface area (Å²) in [6.45, 7) is 2.89. The summed E-state index contributed by atoms with van der Waals surface area (Å²) in [6, 6.07) is 0. The van der Waals surface area contributed by atoms with E-state index < -0.39 is 5.97 Å². The molecule has 0 aliphatic rings. The van der Waals surface area contributed by atoms with Gasteiger partial charge < -0.3 is 5.11 Å². The van der Waals surface area contributed by atoms with Gasteiger partial charge >= 0.3 is 5.97 Å². The first-order valence-corrected chi connectivity index (χ1v) is 2.93. The molecule has 0 aromatic heterocycles. The van der Waals surface area contributed by atoms with Crippen LogP contribution < -0.4 is 0 Å². The van der Waals surface area contributed by atoms with E-state index in [0.29, 0.717) is 0 Å². The minimum absolute atomic E-state index is 0.0272. The zero-order valence-electron chi connectivity index (χ0n) is 6.05. The van der Waals surface area contributed by atoms with Crippen LogP contribution in [-0.2, 0) is 9.59 Å². The number of carboxylic acid groups (broad SMARTS) is 1. The Labute approximate surface area is 59.4 Å². The van der Waals surface area contributed by atoms with Gasteiger partial charge in [0, 0.05) is 12.0 Å². The molecule has 0 aliphatic carbocycles. The fourth-order valence-corrected chi connectivity index (χ4v) is 0.384. The first kappa shape index (κ1) is 8.88. The van der Waals surface area contributed by atoms with Gasteiger partial charge in [0.1, 0.15) is 5.78 Å². The van der Waals surface area contributed by atoms with Crippen molar-refractivity contribution in [2.24, 2.45) is 0 Å². The number of carbonyl (C=O) groups is 2. The fourth-order valence-electron chi connectivity index (χ4n) is 0.384. The lowest BCUT2D eigenvalue weighted by atomic mass is 10.2. The first-order valence-electron chi connectivity index (χ1n) is 2.93. The Kier molecular flexibility index (Phi) is 3.39. The van der Waals surface area contributed by atoms with Crippen LogP contribution in [0.1, 0.15) is 20.3 Å². The van der Waals surface area contributed by atoms with Gasteiger partial charge in [0.2, 0.25) is 0 Å². The highest BCUT2D eigenvalue weighted by Gasteiger charge is 1.98. The molecule has 0 unspecified atom stereocenters. The number of allylic oxidation sites excluding steroid dienone is 1. The standard InChI is InChI=1S/C7H10O3/c1-5(7(9)10)3-4-6(2)8/h3H,4H2,1-2H3,(H,9,10)/b5-3+. The molecule has 3 heteroatoms. The van der Waals surface area contributed by atoms with Gasteiger partial charge in [-0.05, 0) is 13.8 Å². The zero-order valence-corrected chi connectivity index (χ0v) is 6.05. The van der Waals surface area contributed by atoms with Crippen LogP contribution in [0.5, 0.6) is 0 Å². The molecule has 0 aromatic carbocycles. The lowest BCUT2D eigenvalue weighted by Gasteiger charge is -1.89. The average molecular weight is 142 g/mol. The van der Waals surface area contributed by atoms with Crippen molar-refractivity contribution in [1.29, 1.82) is 0 Å². The van der Waals surface area contributed by atoms with Crippen molar-refractivity contribution in [2.75, 3.05) is 0 Å². The fraction of sp³-hybridized carbons (Fsp3) is 0.429. The van der Waals surface area contributed by atoms with E-state index >= 15 is 0 Å². The predicted octanol–water partition coefficient (Wildman–Crippen LogP) is 0.996. The Balaban J connectivity index is 3.92. The third-order valence-corrected chi connectivity index (χ3v) is 1.03. The molecular formula is C7H10O3. The Morgan fingerprint density at radius 1 is 1.40 bits per heavy atom. The molecule has 0 heterocycles. The summed E-state index contributed by atoms with van der Waals surface area (Å²) in [5, 5.41) is 8.32. The van der Waals surface area contributed by atoms with E-state index in [1.54, 1.807) is 0 Å². The summed E-state index contributed by atoms with van der Waals surface area (Å²) >= 11 is 0. The van der Waals surface area contributed by atoms with Gasteiger partial charge in [-0.3, -0.25) is 4.79 Å². The molecule has 10 heavy (non-hydrogen) atoms. The highest BCUT2D eigenvalue weighted by atomic mass is 16.4. The van der Waals surface area contributed by atoms with E-state index in [-0.39, 0.29) is 17.8 Å². The van der Waals surface area contributed by atoms with Crippen LogP contribution in [0.4, 0.5) is 0 Å². The molecule has 0 saturated heterocycles. The topological polar surface area (TPSA) is 54.4 Å². The van der Waals surface area contributed by atoms with E-state index in [0.717, 1.165) is 0 Å². The summed E-state index contributed by atoms with van der Waals surface area (Å²) < 4.78 is 0. The molecule has 0 rings (SSSR count). The van der Waals surface area contributed by atoms with Gasteiger partial charge in [-0.1, -0.05) is 6.08 Å². The number of hydrogen-bond donors (Lipinski definition) is 1. The maximum Gasteiger partial charge on any atom is 0.330 e. The third-order valence-electron chi connectivity index (χ3n) is 1.03. The Hall–Kier alpha value is -1.12. The van der Waals surface area contributed by atoms with Crippen LogP contribution in [0.2, 0.25) is 0 Å². The molecule has 0 bridgehead atoms. The van der Waals surface area contributed by atoms with Crippen molar-refractivity contribution in [3.63, 3.8) is 0 Å². The van der Waals surface area contributed by atoms with Crippen LogP contribution in [0.3, 0.4) is 0 Å². The zero-order chi connectivity index (χ0) is 8.15. The minimum atomic E-state index is -0.971. The van der Waals surface area contributed by atoms with Crippen LogP contribution in [0.15, 0.2) is 11.6 Å². The maximum absolute atomic E-state index is 10.3. The quantitative estimate of drug-likeness (QED) is 0.598. The summed E-state index contributed by atoms with van der Waals surface area (Å²) in [7, 11) is 0. The first-order chi connectivity index (χ1) is 4.54. The van der Waals surface area contributed by atoms with E-state index in [9.17, 15) is 9.59 Å². The van der Waals surface area contributed by atoms with Gasteiger partial charge in [0.05, 0.1) is 0 Å². The Bertz CT molecular complexity index is 179. The van der Waals surface area contributed by atoms with Crippen LogP contribution in [0, 0.1) is 0 Å². The molecule has 3 nitrogen and oxygen atoms in total. The second-order valence-corrected chi connectivity index (χ2v) is 2.10. The van der Waals surface area contributed by atoms with Gasteiger partial charge in [0.15, 0.2) is 0 Å². The number of aliphatic carboxylic acids is 1. The molecule has 1 N–H and O–H groups in total. The Morgan fingerprint density at radius 3 is 2.20 bits per heavy atom. The van der Waals surface area contributed by atoms with Gasteiger partial charge in [0.25, 0.3) is 0 Å². The van der Waals surface area contributed by atoms with Crippen molar-refractivity contribution in [3.05, 3.63) is 11.6 Å². The normalized spacial score (nSPS) is 11.2. The van der Waals surface area contributed by atoms with E-state index in [4.69, 9.17) is 5.11 Å². The lowest BCUT2D eigenvalue weighted by Crippen LogP contribution is -1.97. The smallest absolute Gasteiger partial charge is 0.330 e. The van der Waals surface area contributed by atoms with Crippen molar-refractivity contribution < 1.29 is 14.7 Å². The third kappa shape index (κ3) is 3.83. The highest BCUT2D eigenvalue weighted by Crippen LogP contribution is 1.94. The van der Waals surface area contributed by atoms with E-state index in [1.807, 2.05) is 0 Å². The second-order valence-electron chi connectivity index (χ2n) is 2.10.